The minimum absolute atomic E-state index is 0.564. The van der Waals surface area contributed by atoms with E-state index in [0.29, 0.717) is 5.69 Å². The van der Waals surface area contributed by atoms with Crippen LogP contribution in [0, 0.1) is 0 Å². The number of anilines is 1. The Bertz CT molecular complexity index is 554. The van der Waals surface area contributed by atoms with Crippen molar-refractivity contribution < 1.29 is 14.4 Å². The second kappa shape index (κ2) is 6.02. The van der Waals surface area contributed by atoms with Crippen LogP contribution in [-0.4, -0.2) is 20.3 Å². The smallest absolute Gasteiger partial charge is 0.438 e. The van der Waals surface area contributed by atoms with Crippen LogP contribution in [0.25, 0.3) is 11.1 Å². The average Bonchev–Trinajstić information content (AvgIpc) is 2.49. The standard InChI is InChI=1S/C15H15NO3/c1-18-15(17)16(19-2)14-11-7-6-10-13(14)12-8-4-3-5-9-12/h3-11H,1-2H3. The van der Waals surface area contributed by atoms with Gasteiger partial charge in [-0.25, -0.2) is 4.79 Å². The predicted octanol–water partition coefficient (Wildman–Crippen LogP) is 3.49. The largest absolute Gasteiger partial charge is 0.451 e. The van der Waals surface area contributed by atoms with E-state index < -0.39 is 6.09 Å². The first kappa shape index (κ1) is 13.1. The molecule has 98 valence electrons. The number of ether oxygens (including phenoxy) is 1. The molecule has 0 fully saturated rings. The summed E-state index contributed by atoms with van der Waals surface area (Å²) in [6.45, 7) is 0. The Morgan fingerprint density at radius 2 is 1.58 bits per heavy atom. The van der Waals surface area contributed by atoms with Crippen LogP contribution >= 0.6 is 0 Å². The fraction of sp³-hybridized carbons (Fsp3) is 0.133. The van der Waals surface area contributed by atoms with E-state index in [2.05, 4.69) is 0 Å². The second-order valence-electron chi connectivity index (χ2n) is 3.83. The summed E-state index contributed by atoms with van der Waals surface area (Å²) in [5.74, 6) is 0. The van der Waals surface area contributed by atoms with Gasteiger partial charge in [-0.1, -0.05) is 48.5 Å². The van der Waals surface area contributed by atoms with E-state index in [1.807, 2.05) is 54.6 Å². The third kappa shape index (κ3) is 2.74. The van der Waals surface area contributed by atoms with Crippen LogP contribution < -0.4 is 5.06 Å². The number of nitrogens with zero attached hydrogens (tertiary/aromatic N) is 1. The number of hydrogen-bond donors (Lipinski definition) is 0. The number of hydroxylamine groups is 1. The van der Waals surface area contributed by atoms with Crippen LogP contribution in [-0.2, 0) is 9.57 Å². The molecule has 0 radical (unpaired) electrons. The van der Waals surface area contributed by atoms with Crippen molar-refractivity contribution in [2.45, 2.75) is 0 Å². The van der Waals surface area contributed by atoms with E-state index in [4.69, 9.17) is 9.57 Å². The summed E-state index contributed by atoms with van der Waals surface area (Å²) in [6.07, 6.45) is -0.564. The van der Waals surface area contributed by atoms with Crippen LogP contribution in [0.5, 0.6) is 0 Å². The molecule has 0 unspecified atom stereocenters. The lowest BCUT2D eigenvalue weighted by atomic mass is 10.0. The van der Waals surface area contributed by atoms with Gasteiger partial charge in [0.15, 0.2) is 0 Å². The van der Waals surface area contributed by atoms with Gasteiger partial charge in [-0.05, 0) is 11.6 Å². The van der Waals surface area contributed by atoms with Crippen molar-refractivity contribution in [1.29, 1.82) is 0 Å². The van der Waals surface area contributed by atoms with Gasteiger partial charge in [-0.15, -0.1) is 0 Å². The van der Waals surface area contributed by atoms with Crippen molar-refractivity contribution in [1.82, 2.24) is 0 Å². The van der Waals surface area contributed by atoms with Gasteiger partial charge < -0.3 is 4.74 Å². The quantitative estimate of drug-likeness (QED) is 0.790. The van der Waals surface area contributed by atoms with E-state index in [0.717, 1.165) is 16.2 Å². The van der Waals surface area contributed by atoms with Crippen LogP contribution in [0.4, 0.5) is 10.5 Å². The van der Waals surface area contributed by atoms with Gasteiger partial charge in [0, 0.05) is 5.56 Å². The molecule has 0 saturated carbocycles. The molecule has 0 atom stereocenters. The Morgan fingerprint density at radius 1 is 0.947 bits per heavy atom. The third-order valence-electron chi connectivity index (χ3n) is 2.73. The number of rotatable bonds is 3. The molecular formula is C15H15NO3. The number of amides is 1. The van der Waals surface area contributed by atoms with Gasteiger partial charge in [0.25, 0.3) is 0 Å². The van der Waals surface area contributed by atoms with Crippen LogP contribution in [0.1, 0.15) is 0 Å². The van der Waals surface area contributed by atoms with Crippen molar-refractivity contribution in [3.05, 3.63) is 54.6 Å². The summed E-state index contributed by atoms with van der Waals surface area (Å²) in [5, 5.41) is 1.13. The number of benzene rings is 2. The highest BCUT2D eigenvalue weighted by Crippen LogP contribution is 2.30. The first-order chi connectivity index (χ1) is 9.27. The second-order valence-corrected chi connectivity index (χ2v) is 3.83. The van der Waals surface area contributed by atoms with Crippen molar-refractivity contribution in [3.63, 3.8) is 0 Å². The molecule has 0 bridgehead atoms. The van der Waals surface area contributed by atoms with Gasteiger partial charge in [0.05, 0.1) is 19.9 Å². The highest BCUT2D eigenvalue weighted by atomic mass is 16.7. The van der Waals surface area contributed by atoms with E-state index in [9.17, 15) is 4.79 Å². The number of hydrogen-bond acceptors (Lipinski definition) is 3. The molecule has 4 nitrogen and oxygen atoms in total. The molecule has 0 aliphatic heterocycles. The summed E-state index contributed by atoms with van der Waals surface area (Å²) in [5.41, 5.74) is 2.54. The Hall–Kier alpha value is -2.33. The molecule has 2 rings (SSSR count). The maximum atomic E-state index is 11.7. The lowest BCUT2D eigenvalue weighted by Crippen LogP contribution is -2.29. The number of carbonyl (C=O) groups excluding carboxylic acids is 1. The van der Waals surface area contributed by atoms with Gasteiger partial charge >= 0.3 is 6.09 Å². The molecule has 0 N–H and O–H groups in total. The predicted molar refractivity (Wildman–Crippen MR) is 73.8 cm³/mol. The zero-order valence-corrected chi connectivity index (χ0v) is 10.9. The monoisotopic (exact) mass is 257 g/mol. The first-order valence-electron chi connectivity index (χ1n) is 5.84. The Labute approximate surface area is 112 Å². The maximum absolute atomic E-state index is 11.7. The first-order valence-corrected chi connectivity index (χ1v) is 5.84. The molecule has 0 heterocycles. The lowest BCUT2D eigenvalue weighted by molar-refractivity contribution is 0.116. The van der Waals surface area contributed by atoms with Crippen LogP contribution in [0.15, 0.2) is 54.6 Å². The Balaban J connectivity index is 2.49. The normalized spacial score (nSPS) is 10.0. The summed E-state index contributed by atoms with van der Waals surface area (Å²) in [4.78, 5) is 16.8. The molecule has 19 heavy (non-hydrogen) atoms. The topological polar surface area (TPSA) is 38.8 Å². The molecule has 4 heteroatoms. The summed E-state index contributed by atoms with van der Waals surface area (Å²) >= 11 is 0. The highest BCUT2D eigenvalue weighted by Gasteiger charge is 2.19. The average molecular weight is 257 g/mol. The molecule has 0 aromatic heterocycles. The van der Waals surface area contributed by atoms with E-state index in [1.54, 1.807) is 0 Å². The molecule has 1 amide bonds. The summed E-state index contributed by atoms with van der Waals surface area (Å²) in [6, 6.07) is 17.3. The van der Waals surface area contributed by atoms with E-state index in [-0.39, 0.29) is 0 Å². The number of carbonyl (C=O) groups is 1. The molecule has 0 aliphatic carbocycles. The molecule has 0 aliphatic rings. The van der Waals surface area contributed by atoms with Crippen LogP contribution in [0.2, 0.25) is 0 Å². The van der Waals surface area contributed by atoms with Gasteiger partial charge in [-0.2, -0.15) is 5.06 Å². The third-order valence-corrected chi connectivity index (χ3v) is 2.73. The number of para-hydroxylation sites is 1. The zero-order chi connectivity index (χ0) is 13.7. The minimum Gasteiger partial charge on any atom is -0.451 e. The van der Waals surface area contributed by atoms with Crippen molar-refractivity contribution in [2.24, 2.45) is 0 Å². The maximum Gasteiger partial charge on any atom is 0.438 e. The molecule has 2 aromatic rings. The molecule has 0 saturated heterocycles. The lowest BCUT2D eigenvalue weighted by Gasteiger charge is -2.21. The minimum atomic E-state index is -0.564. The SMILES string of the molecule is COC(=O)N(OC)c1ccccc1-c1ccccc1. The van der Waals surface area contributed by atoms with Crippen LogP contribution in [0.3, 0.4) is 0 Å². The summed E-state index contributed by atoms with van der Waals surface area (Å²) < 4.78 is 4.71. The van der Waals surface area contributed by atoms with E-state index in [1.165, 1.54) is 14.2 Å². The summed E-state index contributed by atoms with van der Waals surface area (Å²) in [7, 11) is 2.75. The molecule has 2 aromatic carbocycles. The fourth-order valence-corrected chi connectivity index (χ4v) is 1.87. The van der Waals surface area contributed by atoms with Crippen molar-refractivity contribution >= 4 is 11.8 Å². The molecule has 0 spiro atoms. The number of methoxy groups -OCH3 is 1. The van der Waals surface area contributed by atoms with Gasteiger partial charge in [0.2, 0.25) is 0 Å². The fourth-order valence-electron chi connectivity index (χ4n) is 1.87. The van der Waals surface area contributed by atoms with Gasteiger partial charge in [0.1, 0.15) is 0 Å². The highest BCUT2D eigenvalue weighted by molar-refractivity contribution is 5.91. The Morgan fingerprint density at radius 3 is 2.21 bits per heavy atom. The van der Waals surface area contributed by atoms with Gasteiger partial charge in [-0.3, -0.25) is 4.84 Å². The van der Waals surface area contributed by atoms with E-state index >= 15 is 0 Å². The van der Waals surface area contributed by atoms with Crippen molar-refractivity contribution in [2.75, 3.05) is 19.3 Å². The zero-order valence-electron chi connectivity index (χ0n) is 10.9. The Kier molecular flexibility index (Phi) is 4.15. The van der Waals surface area contributed by atoms with Crippen molar-refractivity contribution in [3.8, 4) is 11.1 Å². The molecular weight excluding hydrogens is 242 g/mol.